The third-order valence-corrected chi connectivity index (χ3v) is 12.7. The molecule has 4 aromatic rings. The Kier molecular flexibility index (Phi) is 10.5. The van der Waals surface area contributed by atoms with E-state index in [0.717, 1.165) is 64.9 Å². The highest BCUT2D eigenvalue weighted by Crippen LogP contribution is 2.55. The lowest BCUT2D eigenvalue weighted by molar-refractivity contribution is 0.00814. The number of hydrogen-bond donors (Lipinski definition) is 2. The molecule has 61 heavy (non-hydrogen) atoms. The molecular formula is C45H48N2O14. The number of nitrogens with zero attached hydrogens (tertiary/aromatic N) is 2. The zero-order valence-electron chi connectivity index (χ0n) is 35.0. The number of esters is 2. The second-order valence-electron chi connectivity index (χ2n) is 15.6. The zero-order valence-corrected chi connectivity index (χ0v) is 35.0. The van der Waals surface area contributed by atoms with E-state index < -0.39 is 24.1 Å². The van der Waals surface area contributed by atoms with Crippen LogP contribution in [-0.2, 0) is 35.5 Å². The van der Waals surface area contributed by atoms with Gasteiger partial charge in [-0.2, -0.15) is 0 Å². The summed E-state index contributed by atoms with van der Waals surface area (Å²) in [5.41, 5.74) is 8.68. The van der Waals surface area contributed by atoms with Crippen LogP contribution in [-0.4, -0.2) is 101 Å². The Labute approximate surface area is 352 Å². The molecule has 0 aromatic heterocycles. The van der Waals surface area contributed by atoms with Crippen molar-refractivity contribution in [2.75, 3.05) is 69.2 Å². The quantitative estimate of drug-likeness (QED) is 0.226. The smallest absolute Gasteiger partial charge is 0.343 e. The minimum Gasteiger partial charge on any atom is -0.493 e. The van der Waals surface area contributed by atoms with Crippen LogP contribution < -0.4 is 37.9 Å². The van der Waals surface area contributed by atoms with Gasteiger partial charge in [0, 0.05) is 35.3 Å². The summed E-state index contributed by atoms with van der Waals surface area (Å²) < 4.78 is 56.1. The Balaban J connectivity index is 0.000000156. The number of fused-ring (bicyclic) bond motifs is 6. The van der Waals surface area contributed by atoms with Crippen molar-refractivity contribution in [3.63, 3.8) is 0 Å². The predicted octanol–water partition coefficient (Wildman–Crippen LogP) is 5.04. The fourth-order valence-electron chi connectivity index (χ4n) is 9.97. The van der Waals surface area contributed by atoms with Gasteiger partial charge in [-0.3, -0.25) is 9.80 Å². The van der Waals surface area contributed by atoms with Crippen LogP contribution >= 0.6 is 0 Å². The molecule has 0 bridgehead atoms. The van der Waals surface area contributed by atoms with Crippen molar-refractivity contribution in [1.82, 2.24) is 9.80 Å². The first-order valence-corrected chi connectivity index (χ1v) is 20.0. The molecule has 4 aromatic carbocycles. The van der Waals surface area contributed by atoms with E-state index in [0.29, 0.717) is 68.2 Å². The van der Waals surface area contributed by atoms with Crippen molar-refractivity contribution in [2.45, 2.75) is 57.3 Å². The van der Waals surface area contributed by atoms with E-state index in [4.69, 9.17) is 47.4 Å². The Morgan fingerprint density at radius 1 is 0.656 bits per heavy atom. The maximum Gasteiger partial charge on any atom is 0.343 e. The minimum atomic E-state index is -0.559. The van der Waals surface area contributed by atoms with E-state index >= 15 is 0 Å². The van der Waals surface area contributed by atoms with Gasteiger partial charge in [-0.05, 0) is 79.9 Å². The molecular weight excluding hydrogens is 792 g/mol. The predicted molar refractivity (Wildman–Crippen MR) is 215 cm³/mol. The maximum atomic E-state index is 12.9. The molecule has 0 fully saturated rings. The molecule has 0 unspecified atom stereocenters. The Bertz CT molecular complexity index is 2450. The fourth-order valence-corrected chi connectivity index (χ4v) is 9.97. The minimum absolute atomic E-state index is 0.129. The molecule has 0 aliphatic carbocycles. The highest BCUT2D eigenvalue weighted by Gasteiger charge is 2.48. The number of aliphatic hydroxyl groups is 2. The van der Waals surface area contributed by atoms with Crippen molar-refractivity contribution in [3.8, 4) is 46.0 Å². The van der Waals surface area contributed by atoms with Crippen molar-refractivity contribution >= 4 is 11.9 Å². The first kappa shape index (κ1) is 40.5. The molecule has 6 aliphatic rings. The van der Waals surface area contributed by atoms with E-state index in [9.17, 15) is 19.8 Å². The summed E-state index contributed by atoms with van der Waals surface area (Å²) in [5.74, 6) is 3.29. The first-order chi connectivity index (χ1) is 29.6. The summed E-state index contributed by atoms with van der Waals surface area (Å²) in [5, 5.41) is 20.5. The van der Waals surface area contributed by atoms with Crippen molar-refractivity contribution in [2.24, 2.45) is 0 Å². The first-order valence-electron chi connectivity index (χ1n) is 20.0. The normalized spacial score (nSPS) is 21.7. The standard InChI is InChI=1S/C23H25NO7.C22H23NO7/c1-11-12-7-8-24(2)18(16(12)14(9-25)21-19(11)29-10-30-21)20-13-5-6-15(27-3)22(28-4)17(13)23(26)31-20;1-23-7-6-11-8-15-19(29-10-28-15)13(9-24)16(11)18(23)20-12-4-5-14(26-2)21(27-3)17(12)22(25)30-20/h5-6,18,20,25H,7-10H2,1-4H3;4-5,8,18,20,24H,6-7,9-10H2,1-3H3/t2*18-,20+/m11/s1. The molecule has 4 atom stereocenters. The Morgan fingerprint density at radius 2 is 1.16 bits per heavy atom. The number of carbonyl (C=O) groups excluding carboxylic acids is 2. The van der Waals surface area contributed by atoms with Crippen molar-refractivity contribution < 1.29 is 67.2 Å². The van der Waals surface area contributed by atoms with Gasteiger partial charge in [0.1, 0.15) is 23.3 Å². The van der Waals surface area contributed by atoms with E-state index in [1.54, 1.807) is 12.1 Å². The SMILES string of the molecule is COc1ccc2c(c1OC)C(=O)O[C@@H]2[C@H]1c2c(c(C)c3c(c2CO)OCO3)CCN1C.COc1ccc2c(c1OC)C(=O)O[C@@H]2[C@H]1c2c(cc3c(c2CO)OCO3)CCN1C. The van der Waals surface area contributed by atoms with Crippen LogP contribution in [0.15, 0.2) is 30.3 Å². The lowest BCUT2D eigenvalue weighted by atomic mass is 9.81. The van der Waals surface area contributed by atoms with Gasteiger partial charge >= 0.3 is 11.9 Å². The van der Waals surface area contributed by atoms with E-state index in [-0.39, 0.29) is 38.9 Å². The van der Waals surface area contributed by atoms with Gasteiger partial charge in [0.25, 0.3) is 0 Å². The molecule has 10 rings (SSSR count). The molecule has 16 heteroatoms. The van der Waals surface area contributed by atoms with Gasteiger partial charge in [0.15, 0.2) is 46.0 Å². The van der Waals surface area contributed by atoms with Gasteiger partial charge in [-0.15, -0.1) is 0 Å². The highest BCUT2D eigenvalue weighted by atomic mass is 16.7. The van der Waals surface area contributed by atoms with Crippen molar-refractivity contribution in [3.05, 3.63) is 91.5 Å². The van der Waals surface area contributed by atoms with Gasteiger partial charge < -0.3 is 57.6 Å². The monoisotopic (exact) mass is 840 g/mol. The Morgan fingerprint density at radius 3 is 1.72 bits per heavy atom. The molecule has 322 valence electrons. The molecule has 0 spiro atoms. The van der Waals surface area contributed by atoms with Crippen molar-refractivity contribution in [1.29, 1.82) is 0 Å². The molecule has 6 heterocycles. The lowest BCUT2D eigenvalue weighted by Gasteiger charge is -2.39. The summed E-state index contributed by atoms with van der Waals surface area (Å²) >= 11 is 0. The van der Waals surface area contributed by atoms with Crippen LogP contribution in [0.4, 0.5) is 0 Å². The number of methoxy groups -OCH3 is 4. The molecule has 0 saturated carbocycles. The van der Waals surface area contributed by atoms with Gasteiger partial charge in [-0.25, -0.2) is 9.59 Å². The summed E-state index contributed by atoms with van der Waals surface area (Å²) in [7, 11) is 10.1. The molecule has 0 radical (unpaired) electrons. The summed E-state index contributed by atoms with van der Waals surface area (Å²) in [6, 6.07) is 8.67. The number of benzene rings is 4. The summed E-state index contributed by atoms with van der Waals surface area (Å²) in [6.07, 6.45) is 0.487. The molecule has 6 aliphatic heterocycles. The fraction of sp³-hybridized carbons (Fsp3) is 0.422. The number of cyclic esters (lactones) is 2. The second-order valence-corrected chi connectivity index (χ2v) is 15.6. The third kappa shape index (κ3) is 6.17. The number of aliphatic hydroxyl groups excluding tert-OH is 2. The van der Waals surface area contributed by atoms with Gasteiger partial charge in [0.05, 0.1) is 53.7 Å². The Hall–Kier alpha value is -5.94. The number of rotatable bonds is 8. The van der Waals surface area contributed by atoms with E-state index in [1.165, 1.54) is 28.4 Å². The summed E-state index contributed by atoms with van der Waals surface area (Å²) in [4.78, 5) is 30.1. The van der Waals surface area contributed by atoms with Crippen LogP contribution in [0.2, 0.25) is 0 Å². The van der Waals surface area contributed by atoms with Gasteiger partial charge in [-0.1, -0.05) is 12.1 Å². The molecule has 2 N–H and O–H groups in total. The molecule has 0 saturated heterocycles. The number of carbonyl (C=O) groups is 2. The van der Waals surface area contributed by atoms with Crippen LogP contribution in [0.5, 0.6) is 46.0 Å². The molecule has 0 amide bonds. The van der Waals surface area contributed by atoms with Crippen LogP contribution in [0.3, 0.4) is 0 Å². The third-order valence-electron chi connectivity index (χ3n) is 12.7. The van der Waals surface area contributed by atoms with Crippen LogP contribution in [0, 0.1) is 6.92 Å². The summed E-state index contributed by atoms with van der Waals surface area (Å²) in [6.45, 7) is 3.43. The maximum absolute atomic E-state index is 12.9. The largest absolute Gasteiger partial charge is 0.493 e. The second kappa shape index (κ2) is 15.8. The van der Waals surface area contributed by atoms with Gasteiger partial charge in [0.2, 0.25) is 13.6 Å². The number of hydrogen-bond acceptors (Lipinski definition) is 16. The van der Waals surface area contributed by atoms with Crippen LogP contribution in [0.25, 0.3) is 0 Å². The number of ether oxygens (including phenoxy) is 10. The zero-order chi connectivity index (χ0) is 42.9. The molecule has 16 nitrogen and oxygen atoms in total. The van der Waals surface area contributed by atoms with E-state index in [1.807, 2.05) is 39.2 Å². The highest BCUT2D eigenvalue weighted by molar-refractivity contribution is 5.99. The average Bonchev–Trinajstić information content (AvgIpc) is 4.09. The average molecular weight is 841 g/mol. The van der Waals surface area contributed by atoms with E-state index in [2.05, 4.69) is 9.80 Å². The lowest BCUT2D eigenvalue weighted by Crippen LogP contribution is -2.37. The van der Waals surface area contributed by atoms with Crippen LogP contribution in [0.1, 0.15) is 95.1 Å². The topological polar surface area (TPSA) is 173 Å². The number of likely N-dealkylation sites (N-methyl/N-ethyl adjacent to an activating group) is 2.